The van der Waals surface area contributed by atoms with E-state index in [1.807, 2.05) is 0 Å². The Morgan fingerprint density at radius 3 is 2.81 bits per heavy atom. The minimum absolute atomic E-state index is 0.180. The number of nitrogens with zero attached hydrogens (tertiary/aromatic N) is 2. The molecule has 0 unspecified atom stereocenters. The van der Waals surface area contributed by atoms with Crippen LogP contribution >= 0.6 is 15.9 Å². The van der Waals surface area contributed by atoms with Crippen molar-refractivity contribution in [3.05, 3.63) is 21.8 Å². The van der Waals surface area contributed by atoms with Crippen LogP contribution in [0.4, 0.5) is 10.5 Å². The largest absolute Gasteiger partial charge is 0.492 e. The maximum atomic E-state index is 11.4. The molecule has 116 valence electrons. The average molecular weight is 360 g/mol. The second-order valence-corrected chi connectivity index (χ2v) is 5.95. The number of pyridine rings is 1. The van der Waals surface area contributed by atoms with Gasteiger partial charge in [-0.3, -0.25) is 0 Å². The number of hydrogen-bond donors (Lipinski definition) is 1. The molecule has 0 aliphatic heterocycles. The SMILES string of the molecule is CC(C)(C)OC(=O)NCCCOc1cnc(Br)c(N=O)c1. The molecule has 1 heterocycles. The summed E-state index contributed by atoms with van der Waals surface area (Å²) in [6.45, 7) is 6.20. The molecule has 0 spiro atoms. The lowest BCUT2D eigenvalue weighted by molar-refractivity contribution is 0.0525. The lowest BCUT2D eigenvalue weighted by Gasteiger charge is -2.19. The fourth-order valence-electron chi connectivity index (χ4n) is 1.33. The standard InChI is InChI=1S/C13H18BrN3O4/c1-13(2,3)21-12(18)15-5-4-6-20-9-7-10(17-19)11(14)16-8-9/h7-8H,4-6H2,1-3H3,(H,15,18). The molecule has 0 aromatic carbocycles. The van der Waals surface area contributed by atoms with Crippen molar-refractivity contribution in [3.63, 3.8) is 0 Å². The molecule has 0 aliphatic rings. The van der Waals surface area contributed by atoms with Crippen molar-refractivity contribution in [2.24, 2.45) is 5.18 Å². The molecule has 1 aromatic heterocycles. The molecule has 0 bridgehead atoms. The smallest absolute Gasteiger partial charge is 0.407 e. The van der Waals surface area contributed by atoms with Crippen LogP contribution < -0.4 is 10.1 Å². The van der Waals surface area contributed by atoms with Crippen LogP contribution in [0.5, 0.6) is 5.75 Å². The molecular formula is C13H18BrN3O4. The van der Waals surface area contributed by atoms with Crippen molar-refractivity contribution in [2.45, 2.75) is 32.8 Å². The zero-order chi connectivity index (χ0) is 15.9. The maximum absolute atomic E-state index is 11.4. The summed E-state index contributed by atoms with van der Waals surface area (Å²) in [6, 6.07) is 1.49. The third-order valence-corrected chi connectivity index (χ3v) is 2.76. The summed E-state index contributed by atoms with van der Waals surface area (Å²) in [4.78, 5) is 25.8. The molecule has 1 aromatic rings. The van der Waals surface area contributed by atoms with Crippen molar-refractivity contribution >= 4 is 27.7 Å². The number of alkyl carbamates (subject to hydrolysis) is 1. The monoisotopic (exact) mass is 359 g/mol. The van der Waals surface area contributed by atoms with Crippen LogP contribution in [0, 0.1) is 4.91 Å². The van der Waals surface area contributed by atoms with Gasteiger partial charge in [0.25, 0.3) is 0 Å². The number of ether oxygens (including phenoxy) is 2. The number of nitrogens with one attached hydrogen (secondary N) is 1. The van der Waals surface area contributed by atoms with Gasteiger partial charge in [0.05, 0.1) is 12.8 Å². The number of rotatable bonds is 6. The van der Waals surface area contributed by atoms with Gasteiger partial charge in [0, 0.05) is 12.6 Å². The number of hydrogen-bond acceptors (Lipinski definition) is 6. The molecular weight excluding hydrogens is 342 g/mol. The van der Waals surface area contributed by atoms with Crippen molar-refractivity contribution in [1.82, 2.24) is 10.3 Å². The normalized spacial score (nSPS) is 10.9. The van der Waals surface area contributed by atoms with E-state index in [4.69, 9.17) is 9.47 Å². The van der Waals surface area contributed by atoms with Gasteiger partial charge in [-0.15, -0.1) is 4.91 Å². The predicted molar refractivity (Wildman–Crippen MR) is 81.7 cm³/mol. The van der Waals surface area contributed by atoms with E-state index in [1.165, 1.54) is 12.3 Å². The number of carbonyl (C=O) groups is 1. The van der Waals surface area contributed by atoms with Gasteiger partial charge in [0.15, 0.2) is 0 Å². The lowest BCUT2D eigenvalue weighted by Crippen LogP contribution is -2.33. The Balaban J connectivity index is 2.26. The van der Waals surface area contributed by atoms with Crippen molar-refractivity contribution < 1.29 is 14.3 Å². The number of halogens is 1. The zero-order valence-corrected chi connectivity index (χ0v) is 13.8. The van der Waals surface area contributed by atoms with Crippen LogP contribution in [-0.2, 0) is 4.74 Å². The van der Waals surface area contributed by atoms with Crippen molar-refractivity contribution in [3.8, 4) is 5.75 Å². The molecule has 1 rings (SSSR count). The fraction of sp³-hybridized carbons (Fsp3) is 0.538. The number of amides is 1. The Kier molecular flexibility index (Phi) is 6.54. The first kappa shape index (κ1) is 17.4. The maximum Gasteiger partial charge on any atom is 0.407 e. The van der Waals surface area contributed by atoms with E-state index in [0.717, 1.165) is 0 Å². The first-order valence-electron chi connectivity index (χ1n) is 6.40. The molecule has 0 fully saturated rings. The van der Waals surface area contributed by atoms with Gasteiger partial charge < -0.3 is 14.8 Å². The number of aromatic nitrogens is 1. The van der Waals surface area contributed by atoms with Crippen LogP contribution in [0.1, 0.15) is 27.2 Å². The van der Waals surface area contributed by atoms with E-state index >= 15 is 0 Å². The van der Waals surface area contributed by atoms with E-state index in [2.05, 4.69) is 31.4 Å². The Morgan fingerprint density at radius 1 is 1.48 bits per heavy atom. The predicted octanol–water partition coefficient (Wildman–Crippen LogP) is 3.54. The lowest BCUT2D eigenvalue weighted by atomic mass is 10.2. The summed E-state index contributed by atoms with van der Waals surface area (Å²) in [5, 5.41) is 5.44. The summed E-state index contributed by atoms with van der Waals surface area (Å²) in [7, 11) is 0. The summed E-state index contributed by atoms with van der Waals surface area (Å²) in [5.74, 6) is 0.449. The van der Waals surface area contributed by atoms with Crippen LogP contribution in [0.2, 0.25) is 0 Å². The highest BCUT2D eigenvalue weighted by Gasteiger charge is 2.15. The molecule has 0 saturated heterocycles. The Hall–Kier alpha value is -1.70. The van der Waals surface area contributed by atoms with Gasteiger partial charge in [0.2, 0.25) is 0 Å². The van der Waals surface area contributed by atoms with Crippen LogP contribution in [0.3, 0.4) is 0 Å². The zero-order valence-electron chi connectivity index (χ0n) is 12.2. The molecule has 1 N–H and O–H groups in total. The number of carbonyl (C=O) groups excluding carboxylic acids is 1. The third kappa shape index (κ3) is 7.03. The Labute approximate surface area is 131 Å². The summed E-state index contributed by atoms with van der Waals surface area (Å²) >= 11 is 3.10. The Morgan fingerprint density at radius 2 is 2.19 bits per heavy atom. The third-order valence-electron chi connectivity index (χ3n) is 2.15. The van der Waals surface area contributed by atoms with Crippen LogP contribution in [0.15, 0.2) is 22.0 Å². The second-order valence-electron chi connectivity index (χ2n) is 5.20. The number of nitroso groups, excluding NO2 is 1. The minimum Gasteiger partial charge on any atom is -0.492 e. The van der Waals surface area contributed by atoms with Gasteiger partial charge in [-0.2, -0.15) is 0 Å². The highest BCUT2D eigenvalue weighted by atomic mass is 79.9. The minimum atomic E-state index is -0.512. The van der Waals surface area contributed by atoms with Gasteiger partial charge in [0.1, 0.15) is 21.6 Å². The quantitative estimate of drug-likeness (QED) is 0.476. The van der Waals surface area contributed by atoms with E-state index in [-0.39, 0.29) is 5.69 Å². The van der Waals surface area contributed by atoms with E-state index in [9.17, 15) is 9.70 Å². The van der Waals surface area contributed by atoms with Crippen LogP contribution in [-0.4, -0.2) is 29.8 Å². The summed E-state index contributed by atoms with van der Waals surface area (Å²) in [6.07, 6.45) is 1.62. The highest BCUT2D eigenvalue weighted by molar-refractivity contribution is 9.10. The topological polar surface area (TPSA) is 89.9 Å². The van der Waals surface area contributed by atoms with Gasteiger partial charge >= 0.3 is 6.09 Å². The molecule has 8 heteroatoms. The molecule has 0 atom stereocenters. The molecule has 1 amide bonds. The fourth-order valence-corrected chi connectivity index (χ4v) is 1.62. The van der Waals surface area contributed by atoms with E-state index in [1.54, 1.807) is 20.8 Å². The molecule has 0 aliphatic carbocycles. The van der Waals surface area contributed by atoms with Gasteiger partial charge in [-0.05, 0) is 48.3 Å². The second kappa shape index (κ2) is 7.92. The molecule has 0 radical (unpaired) electrons. The van der Waals surface area contributed by atoms with Crippen molar-refractivity contribution in [1.29, 1.82) is 0 Å². The summed E-state index contributed by atoms with van der Waals surface area (Å²) < 4.78 is 10.9. The average Bonchev–Trinajstić information content (AvgIpc) is 2.38. The van der Waals surface area contributed by atoms with Gasteiger partial charge in [-0.1, -0.05) is 0 Å². The van der Waals surface area contributed by atoms with Gasteiger partial charge in [-0.25, -0.2) is 9.78 Å². The van der Waals surface area contributed by atoms with Crippen LogP contribution in [0.25, 0.3) is 0 Å². The van der Waals surface area contributed by atoms with E-state index in [0.29, 0.717) is 29.9 Å². The molecule has 0 saturated carbocycles. The highest BCUT2D eigenvalue weighted by Crippen LogP contribution is 2.26. The first-order chi connectivity index (χ1) is 9.81. The summed E-state index contributed by atoms with van der Waals surface area (Å²) in [5.41, 5.74) is -0.332. The molecule has 7 nitrogen and oxygen atoms in total. The van der Waals surface area contributed by atoms with Crippen molar-refractivity contribution in [2.75, 3.05) is 13.2 Å². The first-order valence-corrected chi connectivity index (χ1v) is 7.19. The Bertz CT molecular complexity index is 503. The molecule has 21 heavy (non-hydrogen) atoms. The van der Waals surface area contributed by atoms with E-state index < -0.39 is 11.7 Å².